The zero-order chi connectivity index (χ0) is 24.3. The van der Waals surface area contributed by atoms with E-state index in [1.165, 1.54) is 0 Å². The Labute approximate surface area is 201 Å². The van der Waals surface area contributed by atoms with Crippen molar-refractivity contribution >= 4 is 21.6 Å². The lowest BCUT2D eigenvalue weighted by molar-refractivity contribution is 0.0989. The van der Waals surface area contributed by atoms with Gasteiger partial charge < -0.3 is 9.64 Å². The average Bonchev–Trinajstić information content (AvgIpc) is 3.26. The molecule has 0 unspecified atom stereocenters. The number of carbonyl (C=O) groups is 1. The summed E-state index contributed by atoms with van der Waals surface area (Å²) in [5, 5.41) is 0. The average molecular weight is 479 g/mol. The van der Waals surface area contributed by atoms with Crippen LogP contribution in [0.5, 0.6) is 5.75 Å². The summed E-state index contributed by atoms with van der Waals surface area (Å²) in [6, 6.07) is 19.9. The van der Waals surface area contributed by atoms with Crippen LogP contribution in [0.3, 0.4) is 0 Å². The molecule has 34 heavy (non-hydrogen) atoms. The number of amides is 1. The maximum Gasteiger partial charge on any atom is 0.258 e. The molecule has 4 rings (SSSR count). The molecule has 1 amide bonds. The second kappa shape index (κ2) is 9.99. The number of hydrogen-bond acceptors (Lipinski definition) is 4. The molecule has 0 bridgehead atoms. The van der Waals surface area contributed by atoms with E-state index in [-0.39, 0.29) is 17.3 Å². The van der Waals surface area contributed by atoms with Crippen LogP contribution in [0.4, 0.5) is 5.69 Å². The first-order chi connectivity index (χ1) is 16.3. The first kappa shape index (κ1) is 24.0. The highest BCUT2D eigenvalue weighted by Crippen LogP contribution is 2.31. The van der Waals surface area contributed by atoms with Gasteiger partial charge in [-0.2, -0.15) is 0 Å². The summed E-state index contributed by atoms with van der Waals surface area (Å²) in [7, 11) is -2.05. The molecule has 0 aliphatic carbocycles. The van der Waals surface area contributed by atoms with Gasteiger partial charge in [-0.1, -0.05) is 38.1 Å². The van der Waals surface area contributed by atoms with Crippen LogP contribution < -0.4 is 14.4 Å². The van der Waals surface area contributed by atoms with Gasteiger partial charge in [-0.05, 0) is 77.9 Å². The summed E-state index contributed by atoms with van der Waals surface area (Å²) in [4.78, 5) is 15.1. The lowest BCUT2D eigenvalue weighted by Crippen LogP contribution is -2.29. The highest BCUT2D eigenvalue weighted by molar-refractivity contribution is 7.89. The summed E-state index contributed by atoms with van der Waals surface area (Å²) in [5.41, 5.74) is 4.41. The number of benzene rings is 3. The number of fused-ring (bicyclic) bond motifs is 1. The van der Waals surface area contributed by atoms with Crippen molar-refractivity contribution in [2.24, 2.45) is 5.92 Å². The van der Waals surface area contributed by atoms with Crippen LogP contribution in [0.25, 0.3) is 0 Å². The Morgan fingerprint density at radius 1 is 1.00 bits per heavy atom. The van der Waals surface area contributed by atoms with E-state index in [4.69, 9.17) is 4.74 Å². The van der Waals surface area contributed by atoms with E-state index in [0.717, 1.165) is 35.2 Å². The molecule has 7 heteroatoms. The molecule has 0 atom stereocenters. The molecule has 0 radical (unpaired) electrons. The molecule has 0 fully saturated rings. The minimum atomic E-state index is -3.64. The van der Waals surface area contributed by atoms with Crippen LogP contribution in [0.2, 0.25) is 0 Å². The van der Waals surface area contributed by atoms with Crippen LogP contribution in [0.15, 0.2) is 71.6 Å². The Morgan fingerprint density at radius 3 is 2.32 bits per heavy atom. The largest absolute Gasteiger partial charge is 0.497 e. The van der Waals surface area contributed by atoms with Crippen molar-refractivity contribution in [1.29, 1.82) is 0 Å². The lowest BCUT2D eigenvalue weighted by Gasteiger charge is -2.18. The third-order valence-electron chi connectivity index (χ3n) is 5.97. The van der Waals surface area contributed by atoms with Gasteiger partial charge in [0.25, 0.3) is 5.91 Å². The maximum atomic E-state index is 13.1. The number of nitrogens with zero attached hydrogens (tertiary/aromatic N) is 1. The van der Waals surface area contributed by atoms with Gasteiger partial charge in [-0.3, -0.25) is 4.79 Å². The zero-order valence-electron chi connectivity index (χ0n) is 19.7. The number of methoxy groups -OCH3 is 1. The van der Waals surface area contributed by atoms with E-state index in [1.807, 2.05) is 30.3 Å². The molecule has 1 N–H and O–H groups in total. The fourth-order valence-corrected chi connectivity index (χ4v) is 5.19. The van der Waals surface area contributed by atoms with Gasteiger partial charge in [-0.25, -0.2) is 13.1 Å². The van der Waals surface area contributed by atoms with Crippen molar-refractivity contribution in [3.05, 3.63) is 89.0 Å². The zero-order valence-corrected chi connectivity index (χ0v) is 20.6. The molecule has 3 aromatic carbocycles. The van der Waals surface area contributed by atoms with E-state index < -0.39 is 10.0 Å². The summed E-state index contributed by atoms with van der Waals surface area (Å²) >= 11 is 0. The van der Waals surface area contributed by atoms with Gasteiger partial charge >= 0.3 is 0 Å². The van der Waals surface area contributed by atoms with Crippen molar-refractivity contribution in [1.82, 2.24) is 4.72 Å². The van der Waals surface area contributed by atoms with Crippen molar-refractivity contribution < 1.29 is 17.9 Å². The van der Waals surface area contributed by atoms with Crippen LogP contribution >= 0.6 is 0 Å². The maximum absolute atomic E-state index is 13.1. The first-order valence-electron chi connectivity index (χ1n) is 11.4. The molecule has 1 aliphatic heterocycles. The van der Waals surface area contributed by atoms with E-state index in [0.29, 0.717) is 23.8 Å². The molecular formula is C27H30N2O4S. The number of sulfonamides is 1. The summed E-state index contributed by atoms with van der Waals surface area (Å²) in [5.74, 6) is 1.12. The second-order valence-electron chi connectivity index (χ2n) is 8.96. The Hall–Kier alpha value is -3.16. The summed E-state index contributed by atoms with van der Waals surface area (Å²) in [6.07, 6.45) is 1.68. The number of hydrogen-bond donors (Lipinski definition) is 1. The van der Waals surface area contributed by atoms with Crippen LogP contribution in [0.1, 0.15) is 40.9 Å². The van der Waals surface area contributed by atoms with Gasteiger partial charge in [0.1, 0.15) is 5.75 Å². The first-order valence-corrected chi connectivity index (χ1v) is 12.9. The fraction of sp³-hybridized carbons (Fsp3) is 0.296. The lowest BCUT2D eigenvalue weighted by atomic mass is 10.0. The normalized spacial score (nSPS) is 13.2. The number of ether oxygens (including phenoxy) is 1. The molecule has 3 aromatic rings. The minimum absolute atomic E-state index is 0.0828. The Morgan fingerprint density at radius 2 is 1.68 bits per heavy atom. The summed E-state index contributed by atoms with van der Waals surface area (Å²) < 4.78 is 33.5. The highest BCUT2D eigenvalue weighted by Gasteiger charge is 2.26. The van der Waals surface area contributed by atoms with Crippen molar-refractivity contribution in [2.45, 2.75) is 38.1 Å². The van der Waals surface area contributed by atoms with Crippen LogP contribution in [-0.2, 0) is 29.4 Å². The third kappa shape index (κ3) is 5.32. The van der Waals surface area contributed by atoms with E-state index >= 15 is 0 Å². The molecule has 1 heterocycles. The monoisotopic (exact) mass is 478 g/mol. The number of rotatable bonds is 8. The Kier molecular flexibility index (Phi) is 7.05. The number of anilines is 1. The predicted molar refractivity (Wildman–Crippen MR) is 134 cm³/mol. The SMILES string of the molecule is COc1ccc(C(=O)N2CCc3ccc(CNS(=O)(=O)c4ccc(CC(C)C)cc4)cc32)cc1. The van der Waals surface area contributed by atoms with Gasteiger partial charge in [0.05, 0.1) is 12.0 Å². The van der Waals surface area contributed by atoms with E-state index in [9.17, 15) is 13.2 Å². The Bertz CT molecular complexity index is 1270. The topological polar surface area (TPSA) is 75.7 Å². The fourth-order valence-electron chi connectivity index (χ4n) is 4.17. The van der Waals surface area contributed by atoms with Gasteiger partial charge in [-0.15, -0.1) is 0 Å². The predicted octanol–water partition coefficient (Wildman–Crippen LogP) is 4.58. The van der Waals surface area contributed by atoms with Gasteiger partial charge in [0.2, 0.25) is 10.0 Å². The third-order valence-corrected chi connectivity index (χ3v) is 7.39. The quantitative estimate of drug-likeness (QED) is 0.514. The van der Waals surface area contributed by atoms with Crippen molar-refractivity contribution in [3.63, 3.8) is 0 Å². The van der Waals surface area contributed by atoms with Crippen LogP contribution in [0, 0.1) is 5.92 Å². The molecule has 6 nitrogen and oxygen atoms in total. The standard InChI is InChI=1S/C27H30N2O4S/c1-19(2)16-20-5-12-25(13-6-20)34(31,32)28-18-21-4-7-22-14-15-29(26(22)17-21)27(30)23-8-10-24(33-3)11-9-23/h4-13,17,19,28H,14-16,18H2,1-3H3. The van der Waals surface area contributed by atoms with Gasteiger partial charge in [0.15, 0.2) is 0 Å². The van der Waals surface area contributed by atoms with E-state index in [2.05, 4.69) is 18.6 Å². The van der Waals surface area contributed by atoms with Gasteiger partial charge in [0, 0.05) is 24.3 Å². The second-order valence-corrected chi connectivity index (χ2v) is 10.7. The van der Waals surface area contributed by atoms with Crippen molar-refractivity contribution in [2.75, 3.05) is 18.6 Å². The minimum Gasteiger partial charge on any atom is -0.497 e. The molecule has 178 valence electrons. The molecular weight excluding hydrogens is 448 g/mol. The molecule has 0 saturated heterocycles. The van der Waals surface area contributed by atoms with Crippen molar-refractivity contribution in [3.8, 4) is 5.75 Å². The van der Waals surface area contributed by atoms with E-state index in [1.54, 1.807) is 48.4 Å². The molecule has 0 aromatic heterocycles. The summed E-state index contributed by atoms with van der Waals surface area (Å²) in [6.45, 7) is 5.01. The molecule has 0 spiro atoms. The highest BCUT2D eigenvalue weighted by atomic mass is 32.2. The Balaban J connectivity index is 1.47. The van der Waals surface area contributed by atoms with Crippen LogP contribution in [-0.4, -0.2) is 28.0 Å². The molecule has 0 saturated carbocycles. The smallest absolute Gasteiger partial charge is 0.258 e. The number of carbonyl (C=O) groups excluding carboxylic acids is 1. The molecule has 1 aliphatic rings. The number of nitrogens with one attached hydrogen (secondary N) is 1.